The van der Waals surface area contributed by atoms with Crippen molar-refractivity contribution in [3.05, 3.63) is 29.3 Å². The highest BCUT2D eigenvalue weighted by Gasteiger charge is 2.41. The molecule has 3 nitrogen and oxygen atoms in total. The fraction of sp³-hybridized carbons (Fsp3) is 0.538. The first-order chi connectivity index (χ1) is 9.40. The number of ether oxygens (including phenoxy) is 2. The Kier molecular flexibility index (Phi) is 4.49. The molecule has 20 heavy (non-hydrogen) atoms. The van der Waals surface area contributed by atoms with E-state index in [-0.39, 0.29) is 6.61 Å². The van der Waals surface area contributed by atoms with E-state index in [1.54, 1.807) is 12.1 Å². The summed E-state index contributed by atoms with van der Waals surface area (Å²) < 4.78 is 59.1. The predicted octanol–water partition coefficient (Wildman–Crippen LogP) is 2.54. The van der Waals surface area contributed by atoms with E-state index in [0.717, 1.165) is 17.7 Å². The molecule has 0 spiro atoms. The molecule has 2 N–H and O–H groups in total. The number of nitrogens with two attached hydrogens (primary N) is 1. The van der Waals surface area contributed by atoms with E-state index < -0.39 is 25.0 Å². The lowest BCUT2D eigenvalue weighted by Gasteiger charge is -2.18. The molecule has 1 aromatic rings. The average Bonchev–Trinajstić information content (AvgIpc) is 2.85. The van der Waals surface area contributed by atoms with Crippen molar-refractivity contribution >= 4 is 0 Å². The quantitative estimate of drug-likeness (QED) is 0.820. The van der Waals surface area contributed by atoms with Gasteiger partial charge in [0, 0.05) is 6.42 Å². The first kappa shape index (κ1) is 15.1. The van der Waals surface area contributed by atoms with Gasteiger partial charge in [-0.3, -0.25) is 0 Å². The number of alkyl halides is 4. The van der Waals surface area contributed by atoms with Crippen LogP contribution >= 0.6 is 0 Å². The summed E-state index contributed by atoms with van der Waals surface area (Å²) in [6.07, 6.45) is -2.98. The lowest BCUT2D eigenvalue weighted by Crippen LogP contribution is -2.33. The smallest absolute Gasteiger partial charge is 0.330 e. The number of halogens is 4. The van der Waals surface area contributed by atoms with Crippen LogP contribution in [0.15, 0.2) is 18.2 Å². The summed E-state index contributed by atoms with van der Waals surface area (Å²) >= 11 is 0. The lowest BCUT2D eigenvalue weighted by molar-refractivity contribution is -0.166. The molecule has 1 heterocycles. The maximum absolute atomic E-state index is 12.6. The van der Waals surface area contributed by atoms with Gasteiger partial charge < -0.3 is 15.2 Å². The molecule has 1 aliphatic rings. The second-order valence-electron chi connectivity index (χ2n) is 4.65. The number of hydrogen-bond donors (Lipinski definition) is 1. The van der Waals surface area contributed by atoms with Gasteiger partial charge >= 0.3 is 12.3 Å². The van der Waals surface area contributed by atoms with Gasteiger partial charge in [0.2, 0.25) is 0 Å². The fourth-order valence-corrected chi connectivity index (χ4v) is 1.92. The van der Waals surface area contributed by atoms with E-state index in [9.17, 15) is 17.6 Å². The summed E-state index contributed by atoms with van der Waals surface area (Å²) in [5, 5.41) is 0. The Hall–Kier alpha value is -1.34. The minimum atomic E-state index is -4.15. The maximum atomic E-state index is 12.6. The van der Waals surface area contributed by atoms with Crippen molar-refractivity contribution in [1.82, 2.24) is 0 Å². The minimum absolute atomic E-state index is 0.248. The zero-order valence-corrected chi connectivity index (χ0v) is 10.6. The van der Waals surface area contributed by atoms with Crippen molar-refractivity contribution in [2.75, 3.05) is 19.8 Å². The normalized spacial score (nSPS) is 16.1. The Morgan fingerprint density at radius 1 is 1.35 bits per heavy atom. The SMILES string of the molecule is NC(COCC(F)(F)C(F)F)c1ccc2c(c1)CCO2. The van der Waals surface area contributed by atoms with E-state index in [4.69, 9.17) is 10.5 Å². The molecule has 0 aromatic heterocycles. The van der Waals surface area contributed by atoms with E-state index in [1.165, 1.54) is 0 Å². The molecule has 1 aliphatic heterocycles. The fourth-order valence-electron chi connectivity index (χ4n) is 1.92. The van der Waals surface area contributed by atoms with E-state index >= 15 is 0 Å². The van der Waals surface area contributed by atoms with Crippen molar-refractivity contribution in [1.29, 1.82) is 0 Å². The summed E-state index contributed by atoms with van der Waals surface area (Å²) in [7, 11) is 0. The van der Waals surface area contributed by atoms with Gasteiger partial charge in [0.1, 0.15) is 12.4 Å². The third-order valence-corrected chi connectivity index (χ3v) is 3.05. The van der Waals surface area contributed by atoms with E-state index in [2.05, 4.69) is 4.74 Å². The monoisotopic (exact) mass is 293 g/mol. The van der Waals surface area contributed by atoms with Crippen LogP contribution in [0.1, 0.15) is 17.2 Å². The summed E-state index contributed by atoms with van der Waals surface area (Å²) in [6.45, 7) is -0.987. The largest absolute Gasteiger partial charge is 0.493 e. The molecule has 1 atom stereocenters. The molecule has 1 aromatic carbocycles. The molecule has 7 heteroatoms. The standard InChI is InChI=1S/C13H15F4NO2/c14-12(15)13(16,17)7-19-6-10(18)8-1-2-11-9(5-8)3-4-20-11/h1-2,5,10,12H,3-4,6-7,18H2. The van der Waals surface area contributed by atoms with Crippen molar-refractivity contribution < 1.29 is 27.0 Å². The highest BCUT2D eigenvalue weighted by Crippen LogP contribution is 2.28. The van der Waals surface area contributed by atoms with Crippen LogP contribution in [0.4, 0.5) is 17.6 Å². The van der Waals surface area contributed by atoms with Gasteiger partial charge in [0.25, 0.3) is 0 Å². The van der Waals surface area contributed by atoms with Gasteiger partial charge in [-0.05, 0) is 17.2 Å². The summed E-state index contributed by atoms with van der Waals surface area (Å²) in [5.41, 5.74) is 7.50. The van der Waals surface area contributed by atoms with E-state index in [0.29, 0.717) is 12.2 Å². The summed E-state index contributed by atoms with van der Waals surface area (Å²) in [4.78, 5) is 0. The van der Waals surface area contributed by atoms with Crippen LogP contribution in [0.5, 0.6) is 5.75 Å². The molecule has 1 unspecified atom stereocenters. The van der Waals surface area contributed by atoms with Gasteiger partial charge in [-0.15, -0.1) is 0 Å². The highest BCUT2D eigenvalue weighted by atomic mass is 19.3. The second-order valence-corrected chi connectivity index (χ2v) is 4.65. The van der Waals surface area contributed by atoms with Crippen LogP contribution in [0.2, 0.25) is 0 Å². The first-order valence-electron chi connectivity index (χ1n) is 6.15. The van der Waals surface area contributed by atoms with Gasteiger partial charge in [-0.1, -0.05) is 12.1 Å². The van der Waals surface area contributed by atoms with E-state index in [1.807, 2.05) is 6.07 Å². The number of fused-ring (bicyclic) bond motifs is 1. The number of hydrogen-bond acceptors (Lipinski definition) is 3. The number of benzene rings is 1. The van der Waals surface area contributed by atoms with Crippen LogP contribution in [-0.4, -0.2) is 32.2 Å². The summed E-state index contributed by atoms with van der Waals surface area (Å²) in [6, 6.07) is 4.64. The van der Waals surface area contributed by atoms with Gasteiger partial charge in [-0.2, -0.15) is 8.78 Å². The summed E-state index contributed by atoms with van der Waals surface area (Å²) in [5.74, 6) is -3.36. The molecule has 0 radical (unpaired) electrons. The van der Waals surface area contributed by atoms with Crippen molar-refractivity contribution in [3.8, 4) is 5.75 Å². The van der Waals surface area contributed by atoms with Crippen LogP contribution < -0.4 is 10.5 Å². The second kappa shape index (κ2) is 5.97. The zero-order chi connectivity index (χ0) is 14.8. The van der Waals surface area contributed by atoms with Crippen LogP contribution in [-0.2, 0) is 11.2 Å². The van der Waals surface area contributed by atoms with Gasteiger partial charge in [-0.25, -0.2) is 8.78 Å². The van der Waals surface area contributed by atoms with Gasteiger partial charge in [0.05, 0.1) is 19.3 Å². The van der Waals surface area contributed by atoms with Crippen molar-refractivity contribution in [2.45, 2.75) is 24.8 Å². The molecule has 0 amide bonds. The van der Waals surface area contributed by atoms with Crippen molar-refractivity contribution in [3.63, 3.8) is 0 Å². The Bertz CT molecular complexity index is 468. The topological polar surface area (TPSA) is 44.5 Å². The molecular formula is C13H15F4NO2. The molecule has 0 saturated carbocycles. The Labute approximate surface area is 113 Å². The predicted molar refractivity (Wildman–Crippen MR) is 64.3 cm³/mol. The Morgan fingerprint density at radius 2 is 2.10 bits per heavy atom. The van der Waals surface area contributed by atoms with Crippen LogP contribution in [0.25, 0.3) is 0 Å². The zero-order valence-electron chi connectivity index (χ0n) is 10.6. The molecule has 0 fully saturated rings. The third kappa shape index (κ3) is 3.40. The molecule has 0 bridgehead atoms. The molecule has 112 valence electrons. The minimum Gasteiger partial charge on any atom is -0.493 e. The molecule has 0 aliphatic carbocycles. The Morgan fingerprint density at radius 3 is 2.80 bits per heavy atom. The van der Waals surface area contributed by atoms with Crippen LogP contribution in [0, 0.1) is 0 Å². The molecule has 0 saturated heterocycles. The Balaban J connectivity index is 1.88. The maximum Gasteiger partial charge on any atom is 0.330 e. The van der Waals surface area contributed by atoms with Crippen LogP contribution in [0.3, 0.4) is 0 Å². The first-order valence-corrected chi connectivity index (χ1v) is 6.15. The highest BCUT2D eigenvalue weighted by molar-refractivity contribution is 5.40. The molecule has 2 rings (SSSR count). The number of rotatable bonds is 6. The van der Waals surface area contributed by atoms with Crippen molar-refractivity contribution in [2.24, 2.45) is 5.73 Å². The van der Waals surface area contributed by atoms with Gasteiger partial charge in [0.15, 0.2) is 0 Å². The average molecular weight is 293 g/mol. The lowest BCUT2D eigenvalue weighted by atomic mass is 10.0. The third-order valence-electron chi connectivity index (χ3n) is 3.05. The molecular weight excluding hydrogens is 278 g/mol.